The lowest BCUT2D eigenvalue weighted by Gasteiger charge is -2.33. The van der Waals surface area contributed by atoms with Crippen LogP contribution in [0.1, 0.15) is 36.9 Å². The van der Waals surface area contributed by atoms with Crippen molar-refractivity contribution in [1.82, 2.24) is 24.6 Å². The lowest BCUT2D eigenvalue weighted by molar-refractivity contribution is -0.139. The zero-order valence-electron chi connectivity index (χ0n) is 16.5. The molecule has 1 amide bonds. The number of aromatic nitrogens is 4. The maximum absolute atomic E-state index is 13.0. The number of hydrogen-bond acceptors (Lipinski definition) is 5. The maximum atomic E-state index is 13.0. The Hall–Kier alpha value is -2.96. The minimum absolute atomic E-state index is 0.0107. The summed E-state index contributed by atoms with van der Waals surface area (Å²) in [4.78, 5) is 23.7. The van der Waals surface area contributed by atoms with Crippen molar-refractivity contribution in [3.8, 4) is 5.75 Å². The molecule has 0 radical (unpaired) electrons. The number of nitrogens with zero attached hydrogens (tertiary/aromatic N) is 5. The van der Waals surface area contributed by atoms with Gasteiger partial charge in [0.2, 0.25) is 0 Å². The number of rotatable bonds is 4. The second kappa shape index (κ2) is 7.58. The molecule has 7 heteroatoms. The van der Waals surface area contributed by atoms with Crippen molar-refractivity contribution in [3.05, 3.63) is 47.9 Å². The van der Waals surface area contributed by atoms with E-state index in [1.165, 1.54) is 0 Å². The summed E-state index contributed by atoms with van der Waals surface area (Å²) in [6.07, 6.45) is 4.76. The summed E-state index contributed by atoms with van der Waals surface area (Å²) in [7, 11) is 1.88. The van der Waals surface area contributed by atoms with Gasteiger partial charge in [0.1, 0.15) is 11.3 Å². The maximum Gasteiger partial charge on any atom is 0.263 e. The fraction of sp³-hybridized carbons (Fsp3) is 0.429. The molecule has 3 aromatic rings. The average Bonchev–Trinajstić information content (AvgIpc) is 3.06. The number of benzene rings is 1. The van der Waals surface area contributed by atoms with Crippen molar-refractivity contribution in [3.63, 3.8) is 0 Å². The van der Waals surface area contributed by atoms with Gasteiger partial charge in [0.15, 0.2) is 11.8 Å². The number of aryl methyl sites for hydroxylation is 2. The van der Waals surface area contributed by atoms with Crippen LogP contribution >= 0.6 is 0 Å². The van der Waals surface area contributed by atoms with Crippen molar-refractivity contribution in [1.29, 1.82) is 0 Å². The van der Waals surface area contributed by atoms with Gasteiger partial charge in [-0.05, 0) is 38.8 Å². The lowest BCUT2D eigenvalue weighted by Crippen LogP contribution is -2.45. The minimum Gasteiger partial charge on any atom is -0.481 e. The number of piperidine rings is 1. The largest absolute Gasteiger partial charge is 0.481 e. The molecule has 0 bridgehead atoms. The monoisotopic (exact) mass is 379 g/mol. The molecular weight excluding hydrogens is 354 g/mol. The topological polar surface area (TPSA) is 73.1 Å². The van der Waals surface area contributed by atoms with Crippen molar-refractivity contribution >= 4 is 17.1 Å². The van der Waals surface area contributed by atoms with Gasteiger partial charge in [-0.25, -0.2) is 14.6 Å². The molecule has 0 N–H and O–H groups in total. The van der Waals surface area contributed by atoms with Gasteiger partial charge in [0.05, 0.1) is 5.69 Å². The second-order valence-electron chi connectivity index (χ2n) is 7.43. The normalized spacial score (nSPS) is 18.2. The molecule has 1 fully saturated rings. The summed E-state index contributed by atoms with van der Waals surface area (Å²) < 4.78 is 7.63. The molecule has 0 aliphatic carbocycles. The number of ether oxygens (including phenoxy) is 1. The Kier molecular flexibility index (Phi) is 4.98. The lowest BCUT2D eigenvalue weighted by atomic mass is 9.94. The Balaban J connectivity index is 1.48. The smallest absolute Gasteiger partial charge is 0.263 e. The van der Waals surface area contributed by atoms with Gasteiger partial charge in [-0.1, -0.05) is 17.7 Å². The van der Waals surface area contributed by atoms with Crippen LogP contribution < -0.4 is 4.74 Å². The highest BCUT2D eigenvalue weighted by molar-refractivity contribution is 5.81. The summed E-state index contributed by atoms with van der Waals surface area (Å²) in [5, 5.41) is 4.65. The molecular formula is C21H25N5O2. The van der Waals surface area contributed by atoms with Gasteiger partial charge < -0.3 is 9.64 Å². The summed E-state index contributed by atoms with van der Waals surface area (Å²) in [5.74, 6) is 0.882. The summed E-state index contributed by atoms with van der Waals surface area (Å²) >= 11 is 0. The molecule has 1 aliphatic heterocycles. The van der Waals surface area contributed by atoms with Crippen LogP contribution in [-0.4, -0.2) is 49.7 Å². The molecule has 2 aromatic heterocycles. The van der Waals surface area contributed by atoms with E-state index >= 15 is 0 Å². The van der Waals surface area contributed by atoms with Crippen LogP contribution in [0.3, 0.4) is 0 Å². The van der Waals surface area contributed by atoms with E-state index in [0.29, 0.717) is 12.3 Å². The fourth-order valence-corrected chi connectivity index (χ4v) is 3.81. The van der Waals surface area contributed by atoms with Gasteiger partial charge >= 0.3 is 0 Å². The Morgan fingerprint density at radius 3 is 2.75 bits per heavy atom. The molecule has 146 valence electrons. The van der Waals surface area contributed by atoms with Gasteiger partial charge in [-0.15, -0.1) is 0 Å². The summed E-state index contributed by atoms with van der Waals surface area (Å²) in [5.41, 5.74) is 3.69. The molecule has 1 aromatic carbocycles. The summed E-state index contributed by atoms with van der Waals surface area (Å²) in [6, 6.07) is 7.76. The Morgan fingerprint density at radius 2 is 1.96 bits per heavy atom. The molecule has 0 saturated carbocycles. The SMILES string of the molecule is Cc1ccc(O[C@H](C)C(=O)N2CCC[C@@H](c3nn(C)c4nccnc34)C2)cc1. The zero-order valence-corrected chi connectivity index (χ0v) is 16.5. The molecule has 1 aliphatic rings. The van der Waals surface area contributed by atoms with E-state index in [0.717, 1.165) is 41.8 Å². The quantitative estimate of drug-likeness (QED) is 0.697. The molecule has 2 atom stereocenters. The number of carbonyl (C=O) groups is 1. The predicted molar refractivity (Wildman–Crippen MR) is 106 cm³/mol. The van der Waals surface area contributed by atoms with Crippen LogP contribution in [-0.2, 0) is 11.8 Å². The Bertz CT molecular complexity index is 982. The van der Waals surface area contributed by atoms with Gasteiger partial charge in [0, 0.05) is 38.4 Å². The van der Waals surface area contributed by atoms with Crippen molar-refractivity contribution in [2.45, 2.75) is 38.7 Å². The highest BCUT2D eigenvalue weighted by Gasteiger charge is 2.31. The highest BCUT2D eigenvalue weighted by Crippen LogP contribution is 2.30. The van der Waals surface area contributed by atoms with Crippen molar-refractivity contribution in [2.75, 3.05) is 13.1 Å². The molecule has 4 rings (SSSR count). The molecule has 3 heterocycles. The van der Waals surface area contributed by atoms with E-state index in [2.05, 4.69) is 15.1 Å². The van der Waals surface area contributed by atoms with Crippen LogP contribution in [0.5, 0.6) is 5.75 Å². The molecule has 1 saturated heterocycles. The minimum atomic E-state index is -0.526. The second-order valence-corrected chi connectivity index (χ2v) is 7.43. The average molecular weight is 379 g/mol. The van der Waals surface area contributed by atoms with Gasteiger partial charge in [0.25, 0.3) is 5.91 Å². The van der Waals surface area contributed by atoms with Crippen LogP contribution in [0.2, 0.25) is 0 Å². The first-order chi connectivity index (χ1) is 13.5. The van der Waals surface area contributed by atoms with Crippen LogP contribution in [0, 0.1) is 6.92 Å². The molecule has 28 heavy (non-hydrogen) atoms. The Labute approximate surface area is 164 Å². The van der Waals surface area contributed by atoms with E-state index in [1.807, 2.05) is 50.1 Å². The zero-order chi connectivity index (χ0) is 19.7. The first kappa shape index (κ1) is 18.4. The summed E-state index contributed by atoms with van der Waals surface area (Å²) in [6.45, 7) is 5.21. The standard InChI is InChI=1S/C21H25N5O2/c1-14-6-8-17(9-7-14)28-15(2)21(27)26-12-4-5-16(13-26)18-19-20(25(3)24-18)23-11-10-22-19/h6-11,15-16H,4-5,12-13H2,1-3H3/t15-,16-/m1/s1. The molecule has 0 unspecified atom stereocenters. The van der Waals surface area contributed by atoms with Crippen molar-refractivity contribution in [2.24, 2.45) is 7.05 Å². The van der Waals surface area contributed by atoms with Gasteiger partial charge in [-0.2, -0.15) is 5.10 Å². The predicted octanol–water partition coefficient (Wildman–Crippen LogP) is 2.85. The third-order valence-electron chi connectivity index (χ3n) is 5.29. The van der Waals surface area contributed by atoms with E-state index in [-0.39, 0.29) is 11.8 Å². The first-order valence-corrected chi connectivity index (χ1v) is 9.68. The van der Waals surface area contributed by atoms with Gasteiger partial charge in [-0.3, -0.25) is 4.79 Å². The van der Waals surface area contributed by atoms with Crippen molar-refractivity contribution < 1.29 is 9.53 Å². The number of likely N-dealkylation sites (tertiary alicyclic amines) is 1. The number of amides is 1. The van der Waals surface area contributed by atoms with E-state index in [1.54, 1.807) is 17.1 Å². The highest BCUT2D eigenvalue weighted by atomic mass is 16.5. The van der Waals surface area contributed by atoms with E-state index < -0.39 is 6.10 Å². The first-order valence-electron chi connectivity index (χ1n) is 9.68. The van der Waals surface area contributed by atoms with Crippen LogP contribution in [0.15, 0.2) is 36.7 Å². The van der Waals surface area contributed by atoms with Crippen LogP contribution in [0.25, 0.3) is 11.2 Å². The third kappa shape index (κ3) is 3.56. The Morgan fingerprint density at radius 1 is 1.21 bits per heavy atom. The third-order valence-corrected chi connectivity index (χ3v) is 5.29. The van der Waals surface area contributed by atoms with E-state index in [9.17, 15) is 4.79 Å². The van der Waals surface area contributed by atoms with Crippen LogP contribution in [0.4, 0.5) is 0 Å². The molecule has 0 spiro atoms. The molecule has 7 nitrogen and oxygen atoms in total. The number of carbonyl (C=O) groups excluding carboxylic acids is 1. The fourth-order valence-electron chi connectivity index (χ4n) is 3.81. The van der Waals surface area contributed by atoms with E-state index in [4.69, 9.17) is 4.74 Å². The number of hydrogen-bond donors (Lipinski definition) is 0. The number of fused-ring (bicyclic) bond motifs is 1.